The van der Waals surface area contributed by atoms with Gasteiger partial charge in [-0.1, -0.05) is 0 Å². The van der Waals surface area contributed by atoms with Gasteiger partial charge in [0.2, 0.25) is 0 Å². The van der Waals surface area contributed by atoms with Crippen molar-refractivity contribution in [3.05, 3.63) is 38.9 Å². The smallest absolute Gasteiger partial charge is 0.273 e. The number of hydrogen-bond donors (Lipinski definition) is 1. The standard InChI is InChI=1S/C16H20N2O4/c1-16(2,20)5-6-17-9-11-7-14(18(21)22)12(10-3-4-10)8-13(11)15(17)19/h7-8,10,20H,3-6,9H2,1-2H3. The summed E-state index contributed by atoms with van der Waals surface area (Å²) >= 11 is 0. The second kappa shape index (κ2) is 5.05. The average molecular weight is 304 g/mol. The van der Waals surface area contributed by atoms with E-state index in [0.29, 0.717) is 30.6 Å². The van der Waals surface area contributed by atoms with E-state index in [0.717, 1.165) is 18.4 Å². The molecule has 1 heterocycles. The summed E-state index contributed by atoms with van der Waals surface area (Å²) in [5.41, 5.74) is 1.31. The Bertz CT molecular complexity index is 644. The van der Waals surface area contributed by atoms with Crippen LogP contribution in [0.5, 0.6) is 0 Å². The molecule has 0 spiro atoms. The van der Waals surface area contributed by atoms with E-state index in [4.69, 9.17) is 0 Å². The number of rotatable bonds is 5. The maximum absolute atomic E-state index is 12.5. The predicted octanol–water partition coefficient (Wildman–Crippen LogP) is 2.59. The van der Waals surface area contributed by atoms with E-state index >= 15 is 0 Å². The van der Waals surface area contributed by atoms with Crippen molar-refractivity contribution in [1.29, 1.82) is 0 Å². The van der Waals surface area contributed by atoms with Crippen LogP contribution in [-0.4, -0.2) is 33.0 Å². The summed E-state index contributed by atoms with van der Waals surface area (Å²) in [7, 11) is 0. The van der Waals surface area contributed by atoms with Gasteiger partial charge in [-0.3, -0.25) is 14.9 Å². The molecule has 0 aromatic heterocycles. The lowest BCUT2D eigenvalue weighted by molar-refractivity contribution is -0.385. The number of hydrogen-bond acceptors (Lipinski definition) is 4. The van der Waals surface area contributed by atoms with Crippen molar-refractivity contribution in [2.75, 3.05) is 6.54 Å². The monoisotopic (exact) mass is 304 g/mol. The Balaban J connectivity index is 1.87. The normalized spacial score (nSPS) is 17.8. The van der Waals surface area contributed by atoms with Crippen molar-refractivity contribution in [2.24, 2.45) is 0 Å². The van der Waals surface area contributed by atoms with Crippen molar-refractivity contribution in [1.82, 2.24) is 4.90 Å². The molecule has 0 unspecified atom stereocenters. The summed E-state index contributed by atoms with van der Waals surface area (Å²) in [6.45, 7) is 4.24. The number of fused-ring (bicyclic) bond motifs is 1. The highest BCUT2D eigenvalue weighted by Crippen LogP contribution is 2.45. The fourth-order valence-electron chi connectivity index (χ4n) is 2.89. The first kappa shape index (κ1) is 15.0. The summed E-state index contributed by atoms with van der Waals surface area (Å²) in [6, 6.07) is 3.28. The van der Waals surface area contributed by atoms with Crippen LogP contribution < -0.4 is 0 Å². The second-order valence-electron chi connectivity index (χ2n) is 6.89. The molecule has 118 valence electrons. The van der Waals surface area contributed by atoms with Gasteiger partial charge in [0, 0.05) is 30.3 Å². The molecule has 0 radical (unpaired) electrons. The van der Waals surface area contributed by atoms with Gasteiger partial charge in [0.25, 0.3) is 11.6 Å². The summed E-state index contributed by atoms with van der Waals surface area (Å²) in [4.78, 5) is 25.0. The zero-order valence-corrected chi connectivity index (χ0v) is 12.8. The van der Waals surface area contributed by atoms with Gasteiger partial charge in [-0.2, -0.15) is 0 Å². The molecule has 1 N–H and O–H groups in total. The molecule has 1 aromatic carbocycles. The van der Waals surface area contributed by atoms with Crippen LogP contribution in [0.4, 0.5) is 5.69 Å². The maximum atomic E-state index is 12.5. The van der Waals surface area contributed by atoms with Crippen molar-refractivity contribution in [3.63, 3.8) is 0 Å². The van der Waals surface area contributed by atoms with Gasteiger partial charge in [0.15, 0.2) is 0 Å². The van der Waals surface area contributed by atoms with E-state index in [-0.39, 0.29) is 22.4 Å². The lowest BCUT2D eigenvalue weighted by atomic mass is 10.0. The summed E-state index contributed by atoms with van der Waals surface area (Å²) < 4.78 is 0. The topological polar surface area (TPSA) is 83.7 Å². The Labute approximate surface area is 128 Å². The van der Waals surface area contributed by atoms with E-state index in [1.54, 1.807) is 30.9 Å². The first-order valence-corrected chi connectivity index (χ1v) is 7.59. The molecule has 0 bridgehead atoms. The lowest BCUT2D eigenvalue weighted by Crippen LogP contribution is -2.31. The molecule has 3 rings (SSSR count). The minimum Gasteiger partial charge on any atom is -0.390 e. The lowest BCUT2D eigenvalue weighted by Gasteiger charge is -2.22. The number of nitro benzene ring substituents is 1. The SMILES string of the molecule is CC(C)(O)CCN1Cc2cc([N+](=O)[O-])c(C3CC3)cc2C1=O. The van der Waals surface area contributed by atoms with E-state index in [2.05, 4.69) is 0 Å². The quantitative estimate of drug-likeness (QED) is 0.669. The first-order chi connectivity index (χ1) is 10.3. The molecule has 0 saturated heterocycles. The molecular formula is C16H20N2O4. The highest BCUT2D eigenvalue weighted by Gasteiger charge is 2.36. The van der Waals surface area contributed by atoms with Crippen LogP contribution in [0.3, 0.4) is 0 Å². The number of aliphatic hydroxyl groups is 1. The van der Waals surface area contributed by atoms with Crippen molar-refractivity contribution in [3.8, 4) is 0 Å². The van der Waals surface area contributed by atoms with Gasteiger partial charge < -0.3 is 10.0 Å². The van der Waals surface area contributed by atoms with E-state index in [1.165, 1.54) is 0 Å². The Morgan fingerprint density at radius 3 is 2.64 bits per heavy atom. The zero-order valence-electron chi connectivity index (χ0n) is 12.8. The van der Waals surface area contributed by atoms with Gasteiger partial charge in [0.05, 0.1) is 10.5 Å². The largest absolute Gasteiger partial charge is 0.390 e. The van der Waals surface area contributed by atoms with Gasteiger partial charge in [-0.15, -0.1) is 0 Å². The Morgan fingerprint density at radius 2 is 2.09 bits per heavy atom. The third kappa shape index (κ3) is 2.83. The van der Waals surface area contributed by atoms with Crippen molar-refractivity contribution < 1.29 is 14.8 Å². The van der Waals surface area contributed by atoms with Crippen LogP contribution in [0.1, 0.15) is 60.5 Å². The minimum atomic E-state index is -0.833. The highest BCUT2D eigenvalue weighted by atomic mass is 16.6. The third-order valence-electron chi connectivity index (χ3n) is 4.34. The van der Waals surface area contributed by atoms with Crippen molar-refractivity contribution >= 4 is 11.6 Å². The number of carbonyl (C=O) groups is 1. The summed E-state index contributed by atoms with van der Waals surface area (Å²) in [5, 5.41) is 21.0. The first-order valence-electron chi connectivity index (χ1n) is 7.59. The molecule has 1 aromatic rings. The van der Waals surface area contributed by atoms with Crippen LogP contribution in [-0.2, 0) is 6.54 Å². The number of carbonyl (C=O) groups excluding carboxylic acids is 1. The molecule has 1 saturated carbocycles. The van der Waals surface area contributed by atoms with E-state index in [9.17, 15) is 20.0 Å². The fourth-order valence-corrected chi connectivity index (χ4v) is 2.89. The fraction of sp³-hybridized carbons (Fsp3) is 0.562. The van der Waals surface area contributed by atoms with Crippen LogP contribution in [0.2, 0.25) is 0 Å². The van der Waals surface area contributed by atoms with E-state index in [1.807, 2.05) is 0 Å². The molecule has 2 aliphatic rings. The van der Waals surface area contributed by atoms with Crippen LogP contribution >= 0.6 is 0 Å². The molecule has 6 nitrogen and oxygen atoms in total. The molecule has 1 amide bonds. The molecule has 1 aliphatic carbocycles. The molecule has 0 atom stereocenters. The van der Waals surface area contributed by atoms with Crippen LogP contribution in [0.15, 0.2) is 12.1 Å². The van der Waals surface area contributed by atoms with Gasteiger partial charge >= 0.3 is 0 Å². The molecule has 6 heteroatoms. The summed E-state index contributed by atoms with van der Waals surface area (Å²) in [6.07, 6.45) is 2.39. The summed E-state index contributed by atoms with van der Waals surface area (Å²) in [5.74, 6) is 0.139. The number of nitro groups is 1. The molecular weight excluding hydrogens is 284 g/mol. The number of benzene rings is 1. The third-order valence-corrected chi connectivity index (χ3v) is 4.34. The van der Waals surface area contributed by atoms with Crippen LogP contribution in [0, 0.1) is 10.1 Å². The Morgan fingerprint density at radius 1 is 1.41 bits per heavy atom. The van der Waals surface area contributed by atoms with Crippen molar-refractivity contribution in [2.45, 2.75) is 51.2 Å². The van der Waals surface area contributed by atoms with Gasteiger partial charge in [0.1, 0.15) is 0 Å². The zero-order chi connectivity index (χ0) is 16.1. The molecule has 1 fully saturated rings. The minimum absolute atomic E-state index is 0.0870. The van der Waals surface area contributed by atoms with Crippen LogP contribution in [0.25, 0.3) is 0 Å². The number of amides is 1. The Hall–Kier alpha value is -1.95. The average Bonchev–Trinajstić information content (AvgIpc) is 3.21. The number of nitrogens with zero attached hydrogens (tertiary/aromatic N) is 2. The predicted molar refractivity (Wildman–Crippen MR) is 80.7 cm³/mol. The van der Waals surface area contributed by atoms with Gasteiger partial charge in [-0.25, -0.2) is 0 Å². The Kier molecular flexibility index (Phi) is 3.44. The maximum Gasteiger partial charge on any atom is 0.273 e. The van der Waals surface area contributed by atoms with E-state index < -0.39 is 5.60 Å². The second-order valence-corrected chi connectivity index (χ2v) is 6.89. The highest BCUT2D eigenvalue weighted by molar-refractivity contribution is 5.99. The molecule has 22 heavy (non-hydrogen) atoms. The van der Waals surface area contributed by atoms with Gasteiger partial charge in [-0.05, 0) is 50.7 Å². The molecule has 1 aliphatic heterocycles.